The summed E-state index contributed by atoms with van der Waals surface area (Å²) in [4.78, 5) is 0. The van der Waals surface area contributed by atoms with Crippen LogP contribution in [-0.4, -0.2) is 20.1 Å². The lowest BCUT2D eigenvalue weighted by molar-refractivity contribution is -0.823. The van der Waals surface area contributed by atoms with Crippen molar-refractivity contribution < 1.29 is 26.4 Å². The summed E-state index contributed by atoms with van der Waals surface area (Å²) in [5.74, 6) is 0.737. The van der Waals surface area contributed by atoms with Gasteiger partial charge in [-0.2, -0.15) is 0 Å². The average Bonchev–Trinajstić information content (AvgIpc) is 2.84. The van der Waals surface area contributed by atoms with Crippen LogP contribution in [0.4, 0.5) is 0 Å². The fraction of sp³-hybridized carbons (Fsp3) is 0.133. The van der Waals surface area contributed by atoms with E-state index in [1.165, 1.54) is 0 Å². The van der Waals surface area contributed by atoms with Crippen LogP contribution in [0.15, 0.2) is 47.0 Å². The molecule has 3 aromatic rings. The van der Waals surface area contributed by atoms with Gasteiger partial charge in [0.15, 0.2) is 7.05 Å². The van der Waals surface area contributed by atoms with Crippen molar-refractivity contribution in [2.24, 2.45) is 7.05 Å². The first kappa shape index (κ1) is 18.7. The van der Waals surface area contributed by atoms with Crippen molar-refractivity contribution in [3.63, 3.8) is 0 Å². The number of halogens is 2. The van der Waals surface area contributed by atoms with Crippen molar-refractivity contribution in [1.29, 1.82) is 0 Å². The van der Waals surface area contributed by atoms with E-state index in [1.807, 2.05) is 49.5 Å². The number of nitrogens with zero attached hydrogens (tertiary/aromatic N) is 1. The fourth-order valence-electron chi connectivity index (χ4n) is 2.04. The van der Waals surface area contributed by atoms with E-state index in [9.17, 15) is 13.0 Å². The number of hydrogen-bond acceptors (Lipinski definition) is 5. The zero-order valence-corrected chi connectivity index (χ0v) is 15.0. The largest absolute Gasteiger partial charge is 0.726 e. The maximum Gasteiger partial charge on any atom is 0.262 e. The SMILES string of the molecule is COS(=O)(=O)[O-].C[n+]1oc(-c2ccccc2Cl)c2cc(Cl)ccc21. The molecule has 2 aromatic carbocycles. The van der Waals surface area contributed by atoms with Gasteiger partial charge in [-0.25, -0.2) is 12.9 Å². The molecule has 0 fully saturated rings. The molecule has 0 unspecified atom stereocenters. The Morgan fingerprint density at radius 2 is 1.79 bits per heavy atom. The van der Waals surface area contributed by atoms with Gasteiger partial charge in [0, 0.05) is 16.7 Å². The molecule has 0 aliphatic rings. The smallest absolute Gasteiger partial charge is 0.262 e. The lowest BCUT2D eigenvalue weighted by Crippen LogP contribution is -2.24. The van der Waals surface area contributed by atoms with E-state index in [-0.39, 0.29) is 0 Å². The third-order valence-corrected chi connectivity index (χ3v) is 4.07. The lowest BCUT2D eigenvalue weighted by atomic mass is 10.1. The van der Waals surface area contributed by atoms with Crippen LogP contribution in [0.3, 0.4) is 0 Å². The predicted octanol–water partition coefficient (Wildman–Crippen LogP) is 3.32. The van der Waals surface area contributed by atoms with E-state index in [0.29, 0.717) is 10.0 Å². The highest BCUT2D eigenvalue weighted by atomic mass is 35.5. The highest BCUT2D eigenvalue weighted by Gasteiger charge is 2.21. The predicted molar refractivity (Wildman–Crippen MR) is 89.6 cm³/mol. The number of aromatic nitrogens is 1. The number of hydrogen-bond donors (Lipinski definition) is 0. The summed E-state index contributed by atoms with van der Waals surface area (Å²) in [5.41, 5.74) is 1.85. The number of benzene rings is 2. The van der Waals surface area contributed by atoms with Gasteiger partial charge in [0.2, 0.25) is 16.2 Å². The average molecular weight is 390 g/mol. The first-order valence-corrected chi connectivity index (χ1v) is 8.67. The normalized spacial score (nSPS) is 11.2. The van der Waals surface area contributed by atoms with Gasteiger partial charge in [0.05, 0.1) is 12.1 Å². The second-order valence-electron chi connectivity index (χ2n) is 4.63. The van der Waals surface area contributed by atoms with Gasteiger partial charge < -0.3 is 4.55 Å². The van der Waals surface area contributed by atoms with Gasteiger partial charge in [-0.05, 0) is 29.0 Å². The summed E-state index contributed by atoms with van der Waals surface area (Å²) in [5, 5.41) is 2.30. The molecule has 0 saturated carbocycles. The number of aryl methyl sites for hydroxylation is 1. The Hall–Kier alpha value is -1.64. The standard InChI is InChI=1S/C14H10Cl2NO.CH4O4S/c1-17-13-7-6-9(15)8-11(13)14(18-17)10-4-2-3-5-12(10)16;1-5-6(2,3)4/h2-8H,1H3;1H3,(H,2,3,4)/q+1;/p-1. The number of rotatable bonds is 2. The molecule has 3 rings (SSSR count). The van der Waals surface area contributed by atoms with Gasteiger partial charge >= 0.3 is 0 Å². The molecule has 6 nitrogen and oxygen atoms in total. The first-order chi connectivity index (χ1) is 11.2. The Morgan fingerprint density at radius 3 is 2.38 bits per heavy atom. The fourth-order valence-corrected chi connectivity index (χ4v) is 2.43. The summed E-state index contributed by atoms with van der Waals surface area (Å²) in [6.45, 7) is 0. The summed E-state index contributed by atoms with van der Waals surface area (Å²) in [6, 6.07) is 13.3. The molecule has 24 heavy (non-hydrogen) atoms. The Morgan fingerprint density at radius 1 is 1.17 bits per heavy atom. The molecule has 0 radical (unpaired) electrons. The van der Waals surface area contributed by atoms with Gasteiger partial charge in [-0.15, -0.1) is 0 Å². The minimum Gasteiger partial charge on any atom is -0.726 e. The van der Waals surface area contributed by atoms with Crippen LogP contribution >= 0.6 is 23.2 Å². The van der Waals surface area contributed by atoms with Crippen LogP contribution in [0.1, 0.15) is 0 Å². The van der Waals surface area contributed by atoms with Crippen molar-refractivity contribution in [3.05, 3.63) is 52.5 Å². The third kappa shape index (κ3) is 4.46. The van der Waals surface area contributed by atoms with E-state index >= 15 is 0 Å². The maximum absolute atomic E-state index is 9.22. The van der Waals surface area contributed by atoms with Gasteiger partial charge in [0.25, 0.3) is 5.52 Å². The first-order valence-electron chi connectivity index (χ1n) is 6.58. The molecule has 0 aliphatic heterocycles. The van der Waals surface area contributed by atoms with Crippen molar-refractivity contribution in [1.82, 2.24) is 0 Å². The Balaban J connectivity index is 0.000000301. The molecule has 128 valence electrons. The van der Waals surface area contributed by atoms with Crippen LogP contribution in [0, 0.1) is 0 Å². The summed E-state index contributed by atoms with van der Waals surface area (Å²) in [6.07, 6.45) is 0. The summed E-state index contributed by atoms with van der Waals surface area (Å²) in [7, 11) is -1.75. The Labute approximate surface area is 149 Å². The molecule has 1 aromatic heterocycles. The van der Waals surface area contributed by atoms with Gasteiger partial charge in [-0.3, -0.25) is 4.18 Å². The van der Waals surface area contributed by atoms with Crippen molar-refractivity contribution in [3.8, 4) is 11.3 Å². The molecule has 0 aliphatic carbocycles. The topological polar surface area (TPSA) is 83.5 Å². The molecule has 0 bridgehead atoms. The highest BCUT2D eigenvalue weighted by molar-refractivity contribution is 7.80. The molecular formula is C15H13Cl2NO5S. The molecule has 0 saturated heterocycles. The minimum absolute atomic E-state index is 0.661. The molecule has 1 heterocycles. The second-order valence-corrected chi connectivity index (χ2v) is 6.63. The van der Waals surface area contributed by atoms with Crippen LogP contribution in [0.2, 0.25) is 10.0 Å². The second kappa shape index (κ2) is 7.50. The maximum atomic E-state index is 9.22. The Bertz CT molecular complexity index is 969. The van der Waals surface area contributed by atoms with E-state index < -0.39 is 10.4 Å². The van der Waals surface area contributed by atoms with E-state index in [0.717, 1.165) is 29.3 Å². The molecule has 0 atom stereocenters. The zero-order valence-electron chi connectivity index (χ0n) is 12.7. The summed E-state index contributed by atoms with van der Waals surface area (Å²) >= 11 is 12.2. The molecule has 0 spiro atoms. The molecule has 0 N–H and O–H groups in total. The van der Waals surface area contributed by atoms with E-state index in [2.05, 4.69) is 4.18 Å². The van der Waals surface area contributed by atoms with Gasteiger partial charge in [0.1, 0.15) is 5.39 Å². The summed E-state index contributed by atoms with van der Waals surface area (Å²) < 4.78 is 38.5. The van der Waals surface area contributed by atoms with Crippen LogP contribution in [0.25, 0.3) is 22.2 Å². The minimum atomic E-state index is -4.41. The monoisotopic (exact) mass is 389 g/mol. The van der Waals surface area contributed by atoms with E-state index in [1.54, 1.807) is 4.74 Å². The van der Waals surface area contributed by atoms with Gasteiger partial charge in [-0.1, -0.05) is 35.3 Å². The number of fused-ring (bicyclic) bond motifs is 1. The molecule has 0 amide bonds. The highest BCUT2D eigenvalue weighted by Crippen LogP contribution is 2.33. The van der Waals surface area contributed by atoms with Crippen molar-refractivity contribution >= 4 is 44.5 Å². The quantitative estimate of drug-likeness (QED) is 0.381. The van der Waals surface area contributed by atoms with Crippen LogP contribution in [0.5, 0.6) is 0 Å². The van der Waals surface area contributed by atoms with Crippen molar-refractivity contribution in [2.75, 3.05) is 7.11 Å². The van der Waals surface area contributed by atoms with Crippen LogP contribution < -0.4 is 4.74 Å². The van der Waals surface area contributed by atoms with Crippen molar-refractivity contribution in [2.45, 2.75) is 0 Å². The van der Waals surface area contributed by atoms with E-state index in [4.69, 9.17) is 27.7 Å². The molecule has 9 heteroatoms. The Kier molecular flexibility index (Phi) is 5.84. The zero-order chi connectivity index (χ0) is 17.9. The lowest BCUT2D eigenvalue weighted by Gasteiger charge is -1.98. The molecular weight excluding hydrogens is 377 g/mol. The third-order valence-electron chi connectivity index (χ3n) is 3.09. The van der Waals surface area contributed by atoms with Crippen LogP contribution in [-0.2, 0) is 21.6 Å².